The van der Waals surface area contributed by atoms with Crippen LogP contribution in [0.15, 0.2) is 36.9 Å². The Balaban J connectivity index is 3.30. The maximum atomic E-state index is 14.8. The molecular formula is C29H35F17O3Si. The van der Waals surface area contributed by atoms with Crippen molar-refractivity contribution in [1.29, 1.82) is 0 Å². The predicted molar refractivity (Wildman–Crippen MR) is 148 cm³/mol. The molecule has 1 N–H and O–H groups in total. The Kier molecular flexibility index (Phi) is 13.7. The Hall–Kier alpha value is -2.29. The average molecular weight is 783 g/mol. The summed E-state index contributed by atoms with van der Waals surface area (Å²) in [5, 5.41) is 10.2. The van der Waals surface area contributed by atoms with E-state index in [-0.39, 0.29) is 18.3 Å². The fourth-order valence-corrected chi connectivity index (χ4v) is 9.41. The van der Waals surface area contributed by atoms with Crippen molar-refractivity contribution in [3.05, 3.63) is 42.5 Å². The Morgan fingerprint density at radius 3 is 1.42 bits per heavy atom. The Morgan fingerprint density at radius 1 is 0.640 bits per heavy atom. The first-order valence-electron chi connectivity index (χ1n) is 14.6. The summed E-state index contributed by atoms with van der Waals surface area (Å²) in [5.74, 6) is -56.6. The molecule has 292 valence electrons. The zero-order valence-electron chi connectivity index (χ0n) is 26.9. The molecule has 0 saturated heterocycles. The molecule has 0 saturated carbocycles. The summed E-state index contributed by atoms with van der Waals surface area (Å²) in [6, 6.07) is 4.60. The summed E-state index contributed by atoms with van der Waals surface area (Å²) in [5.41, 5.74) is -1.16. The second-order valence-electron chi connectivity index (χ2n) is 12.2. The quantitative estimate of drug-likeness (QED) is 0.0657. The molecule has 0 unspecified atom stereocenters. The standard InChI is InChI=1S/C29H35F17O3Si/c1-7-18(6)21(47)19-8-10-20(11-9-19)48-13-14-49-50(16(2)3,17(4)5)15-12-22(30,31)23(32,33)24(34,35)25(36,37)26(38,39)27(40,41)28(42,43)29(44,45)46/h7-11,16-18,21,47H,1,12-15H2,2-6H3/t18-,21-/m1/s1. The maximum Gasteiger partial charge on any atom is 0.460 e. The van der Waals surface area contributed by atoms with Gasteiger partial charge in [-0.3, -0.25) is 0 Å². The molecule has 0 fully saturated rings. The van der Waals surface area contributed by atoms with Gasteiger partial charge in [0.2, 0.25) is 0 Å². The number of alkyl halides is 17. The minimum atomic E-state index is -8.66. The van der Waals surface area contributed by atoms with Crippen LogP contribution in [-0.2, 0) is 4.43 Å². The third kappa shape index (κ3) is 7.87. The van der Waals surface area contributed by atoms with Crippen LogP contribution in [0.1, 0.15) is 52.7 Å². The molecule has 0 aliphatic rings. The Morgan fingerprint density at radius 2 is 1.04 bits per heavy atom. The molecule has 0 spiro atoms. The zero-order chi connectivity index (χ0) is 39.7. The molecule has 0 aromatic heterocycles. The van der Waals surface area contributed by atoms with Crippen LogP contribution in [0.3, 0.4) is 0 Å². The van der Waals surface area contributed by atoms with Gasteiger partial charge in [0.15, 0.2) is 8.32 Å². The van der Waals surface area contributed by atoms with Gasteiger partial charge in [0, 0.05) is 12.3 Å². The first-order valence-corrected chi connectivity index (χ1v) is 16.8. The van der Waals surface area contributed by atoms with Gasteiger partial charge in [-0.15, -0.1) is 6.58 Å². The largest absolute Gasteiger partial charge is 0.491 e. The van der Waals surface area contributed by atoms with Gasteiger partial charge in [-0.2, -0.15) is 74.6 Å². The number of aliphatic hydroxyl groups excluding tert-OH is 1. The monoisotopic (exact) mass is 782 g/mol. The van der Waals surface area contributed by atoms with Crippen LogP contribution in [0, 0.1) is 5.92 Å². The van der Waals surface area contributed by atoms with Crippen molar-refractivity contribution in [2.24, 2.45) is 5.92 Å². The number of halogens is 17. The first kappa shape index (κ1) is 45.7. The van der Waals surface area contributed by atoms with Crippen molar-refractivity contribution >= 4 is 8.32 Å². The van der Waals surface area contributed by atoms with Gasteiger partial charge in [-0.25, -0.2) is 0 Å². The van der Waals surface area contributed by atoms with E-state index in [1.807, 2.05) is 0 Å². The van der Waals surface area contributed by atoms with E-state index in [9.17, 15) is 79.7 Å². The molecule has 3 nitrogen and oxygen atoms in total. The Bertz CT molecular complexity index is 1260. The van der Waals surface area contributed by atoms with Gasteiger partial charge in [0.25, 0.3) is 0 Å². The SMILES string of the molecule is C=C[C@@H](C)[C@@H](O)c1ccc(OCCO[Si](CCC(F)(F)C(F)(F)C(F)(F)C(F)(F)C(F)(F)C(F)(F)C(F)(F)C(F)(F)F)(C(C)C)C(C)C)cc1. The van der Waals surface area contributed by atoms with E-state index < -0.39 is 92.2 Å². The molecule has 1 aromatic rings. The highest BCUT2D eigenvalue weighted by Gasteiger charge is 2.95. The summed E-state index contributed by atoms with van der Waals surface area (Å²) < 4.78 is 244. The van der Waals surface area contributed by atoms with Crippen molar-refractivity contribution in [2.75, 3.05) is 13.2 Å². The third-order valence-corrected chi connectivity index (χ3v) is 14.1. The second kappa shape index (κ2) is 15.0. The number of ether oxygens (including phenoxy) is 1. The Labute approximate surface area is 276 Å². The van der Waals surface area contributed by atoms with Gasteiger partial charge < -0.3 is 14.3 Å². The lowest BCUT2D eigenvalue weighted by Crippen LogP contribution is -2.74. The second-order valence-corrected chi connectivity index (χ2v) is 17.2. The number of rotatable bonds is 19. The van der Waals surface area contributed by atoms with E-state index in [0.717, 1.165) is 0 Å². The van der Waals surface area contributed by atoms with Gasteiger partial charge in [0.1, 0.15) is 12.4 Å². The molecule has 0 amide bonds. The lowest BCUT2D eigenvalue weighted by Gasteiger charge is -2.44. The van der Waals surface area contributed by atoms with E-state index in [4.69, 9.17) is 9.16 Å². The van der Waals surface area contributed by atoms with Crippen molar-refractivity contribution in [1.82, 2.24) is 0 Å². The molecule has 0 radical (unpaired) electrons. The summed E-state index contributed by atoms with van der Waals surface area (Å²) in [4.78, 5) is 0. The van der Waals surface area contributed by atoms with Crippen LogP contribution in [0.2, 0.25) is 17.1 Å². The van der Waals surface area contributed by atoms with Gasteiger partial charge in [-0.1, -0.05) is 52.8 Å². The summed E-state index contributed by atoms with van der Waals surface area (Å²) in [7, 11) is -3.90. The zero-order valence-corrected chi connectivity index (χ0v) is 27.9. The summed E-state index contributed by atoms with van der Waals surface area (Å²) >= 11 is 0. The highest BCUT2D eigenvalue weighted by Crippen LogP contribution is 2.64. The summed E-state index contributed by atoms with van der Waals surface area (Å²) in [6.45, 7) is 9.83. The number of benzene rings is 1. The maximum absolute atomic E-state index is 14.8. The molecular weight excluding hydrogens is 747 g/mol. The van der Waals surface area contributed by atoms with E-state index in [0.29, 0.717) is 5.56 Å². The lowest BCUT2D eigenvalue weighted by molar-refractivity contribution is -0.461. The van der Waals surface area contributed by atoms with Gasteiger partial charge in [0.05, 0.1) is 12.7 Å². The molecule has 0 aliphatic heterocycles. The van der Waals surface area contributed by atoms with E-state index >= 15 is 0 Å². The molecule has 21 heteroatoms. The minimum absolute atomic E-state index is 0.210. The summed E-state index contributed by atoms with van der Waals surface area (Å²) in [6.07, 6.45) is -9.72. The van der Waals surface area contributed by atoms with Crippen LogP contribution >= 0.6 is 0 Å². The first-order chi connectivity index (χ1) is 22.2. The smallest absolute Gasteiger partial charge is 0.460 e. The predicted octanol–water partition coefficient (Wildman–Crippen LogP) is 11.1. The number of aliphatic hydroxyl groups is 1. The lowest BCUT2D eigenvalue weighted by atomic mass is 9.88. The normalized spacial score (nSPS) is 16.2. The minimum Gasteiger partial charge on any atom is -0.491 e. The molecule has 1 aromatic carbocycles. The molecule has 1 rings (SSSR count). The average Bonchev–Trinajstić information content (AvgIpc) is 2.98. The van der Waals surface area contributed by atoms with Gasteiger partial charge >= 0.3 is 47.6 Å². The van der Waals surface area contributed by atoms with Gasteiger partial charge in [-0.05, 0) is 34.8 Å². The van der Waals surface area contributed by atoms with Crippen LogP contribution in [0.5, 0.6) is 5.75 Å². The molecule has 0 aliphatic carbocycles. The molecule has 0 heterocycles. The van der Waals surface area contributed by atoms with Crippen molar-refractivity contribution in [3.8, 4) is 5.75 Å². The topological polar surface area (TPSA) is 38.7 Å². The molecule has 2 atom stereocenters. The molecule has 0 bridgehead atoms. The van der Waals surface area contributed by atoms with E-state index in [2.05, 4.69) is 6.58 Å². The highest BCUT2D eigenvalue weighted by molar-refractivity contribution is 6.76. The number of hydrogen-bond acceptors (Lipinski definition) is 3. The van der Waals surface area contributed by atoms with Crippen LogP contribution in [0.25, 0.3) is 0 Å². The van der Waals surface area contributed by atoms with E-state index in [1.54, 1.807) is 6.92 Å². The highest BCUT2D eigenvalue weighted by atomic mass is 28.4. The van der Waals surface area contributed by atoms with Crippen LogP contribution < -0.4 is 4.74 Å². The fourth-order valence-electron chi connectivity index (χ4n) is 4.94. The molecule has 50 heavy (non-hydrogen) atoms. The third-order valence-electron chi connectivity index (χ3n) is 8.39. The van der Waals surface area contributed by atoms with E-state index in [1.165, 1.54) is 58.0 Å². The van der Waals surface area contributed by atoms with Crippen molar-refractivity contribution in [2.45, 2.75) is 112 Å². The fraction of sp³-hybridized carbons (Fsp3) is 0.724. The van der Waals surface area contributed by atoms with Crippen LogP contribution in [-0.4, -0.2) is 74.3 Å². The van der Waals surface area contributed by atoms with Crippen molar-refractivity contribution in [3.63, 3.8) is 0 Å². The number of hydrogen-bond donors (Lipinski definition) is 1. The van der Waals surface area contributed by atoms with Crippen LogP contribution in [0.4, 0.5) is 74.6 Å². The van der Waals surface area contributed by atoms with Crippen molar-refractivity contribution < 1.29 is 88.9 Å².